The molecule has 160 valence electrons. The van der Waals surface area contributed by atoms with E-state index in [-0.39, 0.29) is 5.97 Å². The molecule has 0 fully saturated rings. The molecule has 0 spiro atoms. The second-order valence-electron chi connectivity index (χ2n) is 7.05. The summed E-state index contributed by atoms with van der Waals surface area (Å²) in [4.78, 5) is 14.0. The first-order valence-corrected chi connectivity index (χ1v) is 10.2. The standard InChI is InChI=1S/C25H25NO5/c1-3-29-24(25(27)28-2)16-18-12-14-19(15-13-18)30-17-26-20-8-4-6-10-22(20)31-23-11-7-5-9-21(23)26/h4-15,24H,3,16-17H2,1-2H3. The molecule has 3 aromatic carbocycles. The molecule has 0 saturated carbocycles. The molecule has 6 nitrogen and oxygen atoms in total. The summed E-state index contributed by atoms with van der Waals surface area (Å²) in [6.07, 6.45) is -0.159. The lowest BCUT2D eigenvalue weighted by Gasteiger charge is -2.32. The van der Waals surface area contributed by atoms with Crippen molar-refractivity contribution in [3.05, 3.63) is 78.4 Å². The van der Waals surface area contributed by atoms with E-state index in [4.69, 9.17) is 18.9 Å². The molecule has 0 radical (unpaired) electrons. The number of fused-ring (bicyclic) bond motifs is 2. The first-order chi connectivity index (χ1) is 15.2. The number of ether oxygens (including phenoxy) is 4. The van der Waals surface area contributed by atoms with Crippen molar-refractivity contribution in [1.29, 1.82) is 0 Å². The van der Waals surface area contributed by atoms with Gasteiger partial charge < -0.3 is 23.8 Å². The number of carbonyl (C=O) groups is 1. The van der Waals surface area contributed by atoms with Crippen molar-refractivity contribution in [3.63, 3.8) is 0 Å². The maximum atomic E-state index is 11.9. The Morgan fingerprint density at radius 3 is 2.13 bits per heavy atom. The number of methoxy groups -OCH3 is 1. The third kappa shape index (κ3) is 4.64. The Balaban J connectivity index is 1.46. The fraction of sp³-hybridized carbons (Fsp3) is 0.240. The van der Waals surface area contributed by atoms with Crippen LogP contribution in [0.15, 0.2) is 72.8 Å². The van der Waals surface area contributed by atoms with Crippen molar-refractivity contribution < 1.29 is 23.7 Å². The van der Waals surface area contributed by atoms with Gasteiger partial charge in [-0.15, -0.1) is 0 Å². The Hall–Kier alpha value is -3.51. The van der Waals surface area contributed by atoms with Gasteiger partial charge in [0, 0.05) is 13.0 Å². The van der Waals surface area contributed by atoms with E-state index in [1.165, 1.54) is 7.11 Å². The van der Waals surface area contributed by atoms with Gasteiger partial charge in [0.15, 0.2) is 24.3 Å². The van der Waals surface area contributed by atoms with Gasteiger partial charge in [0.1, 0.15) is 5.75 Å². The summed E-state index contributed by atoms with van der Waals surface area (Å²) in [5.74, 6) is 1.96. The highest BCUT2D eigenvalue weighted by molar-refractivity contribution is 5.77. The molecule has 0 N–H and O–H groups in total. The Morgan fingerprint density at radius 1 is 0.935 bits per heavy atom. The Morgan fingerprint density at radius 2 is 1.55 bits per heavy atom. The van der Waals surface area contributed by atoms with Crippen molar-refractivity contribution in [2.75, 3.05) is 25.3 Å². The SMILES string of the molecule is CCOC(Cc1ccc(OCN2c3ccccc3Oc3ccccc32)cc1)C(=O)OC. The average molecular weight is 419 g/mol. The van der Waals surface area contributed by atoms with Gasteiger partial charge in [-0.05, 0) is 48.9 Å². The largest absolute Gasteiger partial charge is 0.473 e. The van der Waals surface area contributed by atoms with Crippen LogP contribution >= 0.6 is 0 Å². The summed E-state index contributed by atoms with van der Waals surface area (Å²) in [6.45, 7) is 2.64. The normalized spacial score (nSPS) is 12.9. The van der Waals surface area contributed by atoms with Crippen LogP contribution in [0, 0.1) is 0 Å². The number of esters is 1. The third-order valence-corrected chi connectivity index (χ3v) is 5.07. The van der Waals surface area contributed by atoms with Crippen LogP contribution in [0.5, 0.6) is 17.2 Å². The molecule has 1 atom stereocenters. The average Bonchev–Trinajstić information content (AvgIpc) is 2.82. The highest BCUT2D eigenvalue weighted by atomic mass is 16.6. The van der Waals surface area contributed by atoms with Crippen molar-refractivity contribution in [1.82, 2.24) is 0 Å². The summed E-state index contributed by atoms with van der Waals surface area (Å²) in [5.41, 5.74) is 2.88. The molecular formula is C25H25NO5. The highest BCUT2D eigenvalue weighted by Gasteiger charge is 2.24. The van der Waals surface area contributed by atoms with Crippen LogP contribution in [-0.4, -0.2) is 32.5 Å². The van der Waals surface area contributed by atoms with Gasteiger partial charge in [0.2, 0.25) is 0 Å². The minimum Gasteiger partial charge on any atom is -0.473 e. The van der Waals surface area contributed by atoms with Gasteiger partial charge >= 0.3 is 5.97 Å². The number of rotatable bonds is 8. The predicted octanol–water partition coefficient (Wildman–Crippen LogP) is 5.09. The van der Waals surface area contributed by atoms with Gasteiger partial charge in [0.05, 0.1) is 18.5 Å². The van der Waals surface area contributed by atoms with E-state index >= 15 is 0 Å². The van der Waals surface area contributed by atoms with E-state index in [2.05, 4.69) is 4.90 Å². The Bertz CT molecular complexity index is 989. The van der Waals surface area contributed by atoms with Gasteiger partial charge in [-0.3, -0.25) is 0 Å². The lowest BCUT2D eigenvalue weighted by Crippen LogP contribution is -2.28. The second-order valence-corrected chi connectivity index (χ2v) is 7.05. The number of para-hydroxylation sites is 4. The molecule has 3 aromatic rings. The van der Waals surface area contributed by atoms with Gasteiger partial charge in [-0.2, -0.15) is 0 Å². The fourth-order valence-electron chi connectivity index (χ4n) is 3.54. The lowest BCUT2D eigenvalue weighted by atomic mass is 10.1. The summed E-state index contributed by atoms with van der Waals surface area (Å²) in [7, 11) is 1.37. The lowest BCUT2D eigenvalue weighted by molar-refractivity contribution is -0.153. The molecule has 6 heteroatoms. The molecule has 0 saturated heterocycles. The molecule has 1 aliphatic heterocycles. The third-order valence-electron chi connectivity index (χ3n) is 5.07. The number of hydrogen-bond donors (Lipinski definition) is 0. The van der Waals surface area contributed by atoms with Crippen LogP contribution in [0.25, 0.3) is 0 Å². The van der Waals surface area contributed by atoms with Crippen LogP contribution < -0.4 is 14.4 Å². The number of benzene rings is 3. The monoisotopic (exact) mass is 419 g/mol. The van der Waals surface area contributed by atoms with Crippen LogP contribution in [0.4, 0.5) is 11.4 Å². The van der Waals surface area contributed by atoms with Crippen LogP contribution in [0.2, 0.25) is 0 Å². The summed E-state index contributed by atoms with van der Waals surface area (Å²) in [6, 6.07) is 23.5. The molecule has 31 heavy (non-hydrogen) atoms. The van der Waals surface area contributed by atoms with E-state index < -0.39 is 6.10 Å². The molecule has 1 heterocycles. The first kappa shape index (κ1) is 20.8. The van der Waals surface area contributed by atoms with E-state index in [0.29, 0.717) is 19.8 Å². The van der Waals surface area contributed by atoms with Crippen molar-refractivity contribution in [2.45, 2.75) is 19.4 Å². The molecule has 4 rings (SSSR count). The van der Waals surface area contributed by atoms with E-state index in [1.807, 2.05) is 79.7 Å². The molecule has 0 aliphatic carbocycles. The molecule has 1 aliphatic rings. The first-order valence-electron chi connectivity index (χ1n) is 10.2. The Labute approximate surface area is 181 Å². The number of anilines is 2. The zero-order valence-corrected chi connectivity index (χ0v) is 17.6. The quantitative estimate of drug-likeness (QED) is 0.474. The summed E-state index contributed by atoms with van der Waals surface area (Å²) < 4.78 is 22.4. The maximum Gasteiger partial charge on any atom is 0.335 e. The topological polar surface area (TPSA) is 57.2 Å². The van der Waals surface area contributed by atoms with Gasteiger partial charge in [-0.25, -0.2) is 4.79 Å². The van der Waals surface area contributed by atoms with Crippen molar-refractivity contribution >= 4 is 17.3 Å². The van der Waals surface area contributed by atoms with Crippen molar-refractivity contribution in [2.24, 2.45) is 0 Å². The highest BCUT2D eigenvalue weighted by Crippen LogP contribution is 2.46. The molecule has 0 bridgehead atoms. The van der Waals surface area contributed by atoms with Crippen molar-refractivity contribution in [3.8, 4) is 17.2 Å². The smallest absolute Gasteiger partial charge is 0.335 e. The Kier molecular flexibility index (Phi) is 6.38. The fourth-order valence-corrected chi connectivity index (χ4v) is 3.54. The summed E-state index contributed by atoms with van der Waals surface area (Å²) in [5, 5.41) is 0. The zero-order valence-electron chi connectivity index (χ0n) is 17.6. The molecule has 0 amide bonds. The molecular weight excluding hydrogens is 394 g/mol. The van der Waals surface area contributed by atoms with Crippen LogP contribution in [0.3, 0.4) is 0 Å². The summed E-state index contributed by atoms with van der Waals surface area (Å²) >= 11 is 0. The van der Waals surface area contributed by atoms with Crippen LogP contribution in [-0.2, 0) is 20.7 Å². The minimum absolute atomic E-state index is 0.334. The number of hydrogen-bond acceptors (Lipinski definition) is 6. The minimum atomic E-state index is -0.608. The van der Waals surface area contributed by atoms with Crippen LogP contribution in [0.1, 0.15) is 12.5 Å². The number of carbonyl (C=O) groups excluding carboxylic acids is 1. The zero-order chi connectivity index (χ0) is 21.6. The van der Waals surface area contributed by atoms with E-state index in [1.54, 1.807) is 0 Å². The molecule has 1 unspecified atom stereocenters. The van der Waals surface area contributed by atoms with Gasteiger partial charge in [0.25, 0.3) is 0 Å². The van der Waals surface area contributed by atoms with Gasteiger partial charge in [-0.1, -0.05) is 36.4 Å². The predicted molar refractivity (Wildman–Crippen MR) is 118 cm³/mol. The number of nitrogens with zero attached hydrogens (tertiary/aromatic N) is 1. The van der Waals surface area contributed by atoms with E-state index in [0.717, 1.165) is 34.2 Å². The van der Waals surface area contributed by atoms with E-state index in [9.17, 15) is 4.79 Å². The molecule has 0 aromatic heterocycles. The second kappa shape index (κ2) is 9.53. The maximum absolute atomic E-state index is 11.9.